The maximum absolute atomic E-state index is 13.0. The first-order valence-electron chi connectivity index (χ1n) is 41.7. The number of carboxylic acid groups (broad SMARTS) is 1. The number of hydrogen-bond acceptors (Lipinski definition) is 8. The first-order valence-corrected chi connectivity index (χ1v) is 41.7. The molecule has 0 fully saturated rings. The van der Waals surface area contributed by atoms with Crippen molar-refractivity contribution in [2.75, 3.05) is 47.5 Å². The molecule has 0 aliphatic heterocycles. The van der Waals surface area contributed by atoms with E-state index in [0.29, 0.717) is 17.4 Å². The molecule has 0 aromatic rings. The van der Waals surface area contributed by atoms with Crippen molar-refractivity contribution in [2.45, 2.75) is 386 Å². The van der Waals surface area contributed by atoms with Gasteiger partial charge in [-0.3, -0.25) is 9.59 Å². The van der Waals surface area contributed by atoms with Gasteiger partial charge in [0.05, 0.1) is 40.3 Å². The van der Waals surface area contributed by atoms with Crippen molar-refractivity contribution in [3.63, 3.8) is 0 Å². The first-order chi connectivity index (χ1) is 48.6. The van der Waals surface area contributed by atoms with Crippen LogP contribution in [-0.4, -0.2) is 82.3 Å². The molecule has 0 spiro atoms. The second-order valence-electron chi connectivity index (χ2n) is 29.0. The van der Waals surface area contributed by atoms with Gasteiger partial charge >= 0.3 is 11.9 Å². The molecule has 0 radical (unpaired) electrons. The lowest BCUT2D eigenvalue weighted by Crippen LogP contribution is -2.44. The van der Waals surface area contributed by atoms with Crippen molar-refractivity contribution < 1.29 is 42.9 Å². The third-order valence-electron chi connectivity index (χ3n) is 18.2. The molecule has 0 bridgehead atoms. The van der Waals surface area contributed by atoms with Gasteiger partial charge in [-0.2, -0.15) is 0 Å². The second-order valence-corrected chi connectivity index (χ2v) is 29.0. The molecule has 0 N–H and O–H groups in total. The van der Waals surface area contributed by atoms with E-state index in [2.05, 4.69) is 135 Å². The smallest absolute Gasteiger partial charge is 0.306 e. The van der Waals surface area contributed by atoms with Gasteiger partial charge in [-0.1, -0.05) is 392 Å². The highest BCUT2D eigenvalue weighted by atomic mass is 16.7. The minimum atomic E-state index is -1.63. The van der Waals surface area contributed by atoms with E-state index in [9.17, 15) is 19.5 Å². The van der Waals surface area contributed by atoms with Crippen molar-refractivity contribution >= 4 is 17.9 Å². The van der Waals surface area contributed by atoms with Crippen LogP contribution in [-0.2, 0) is 33.3 Å². The summed E-state index contributed by atoms with van der Waals surface area (Å²) >= 11 is 0. The van der Waals surface area contributed by atoms with Crippen molar-refractivity contribution in [2.24, 2.45) is 0 Å². The maximum atomic E-state index is 13.0. The van der Waals surface area contributed by atoms with Crippen LogP contribution in [0.3, 0.4) is 0 Å². The zero-order chi connectivity index (χ0) is 71.8. The number of ether oxygens (including phenoxy) is 4. The number of carboxylic acids is 1. The standard InChI is InChI=1S/C90H157NO8/c1-6-8-10-12-14-16-18-20-22-24-26-28-30-32-34-36-38-40-42-44-46-48-50-52-54-56-58-60-62-64-66-68-70-72-74-76-78-80-87(92)97-84-86(85-98-90(89(94)95)96-83-82-91(3,4)5)99-88(93)81-79-77-75-73-71-69-67-65-63-61-59-57-55-53-51-49-47-45-43-41-39-37-35-33-31-29-27-25-23-21-19-17-15-13-11-9-7-2/h9,11,15,17,21,23,27,29,33,35,39,41,45,47,51,53,57,59,63,65,86,90H,6-8,10,12-14,16,18-20,22,24-26,28,30-32,34,36-38,40,42-44,46,48-50,52,54-56,58,60-62,64,66-85H2,1-5H3/b11-9-,17-15-,23-21-,29-27-,35-33-,41-39-,47-45-,53-51-,59-57-,65-63-. The van der Waals surface area contributed by atoms with E-state index in [0.717, 1.165) is 122 Å². The lowest BCUT2D eigenvalue weighted by Gasteiger charge is -2.26. The molecular formula is C90H157NO8. The van der Waals surface area contributed by atoms with Gasteiger partial charge in [-0.05, 0) is 89.9 Å². The normalized spacial score (nSPS) is 13.3. The summed E-state index contributed by atoms with van der Waals surface area (Å²) in [6, 6.07) is 0. The highest BCUT2D eigenvalue weighted by Gasteiger charge is 2.22. The molecule has 99 heavy (non-hydrogen) atoms. The fourth-order valence-corrected chi connectivity index (χ4v) is 11.9. The Bertz CT molecular complexity index is 2050. The molecule has 0 saturated carbocycles. The average molecular weight is 1380 g/mol. The molecule has 0 rings (SSSR count). The van der Waals surface area contributed by atoms with E-state index in [4.69, 9.17) is 18.9 Å². The zero-order valence-electron chi connectivity index (χ0n) is 65.3. The number of carbonyl (C=O) groups is 3. The predicted molar refractivity (Wildman–Crippen MR) is 426 cm³/mol. The lowest BCUT2D eigenvalue weighted by molar-refractivity contribution is -0.870. The van der Waals surface area contributed by atoms with Gasteiger partial charge in [0.15, 0.2) is 12.4 Å². The minimum absolute atomic E-state index is 0.140. The van der Waals surface area contributed by atoms with Crippen molar-refractivity contribution in [3.05, 3.63) is 122 Å². The molecule has 0 aliphatic carbocycles. The number of quaternary nitrogens is 1. The number of likely N-dealkylation sites (N-methyl/N-ethyl adjacent to an activating group) is 1. The summed E-state index contributed by atoms with van der Waals surface area (Å²) in [7, 11) is 5.93. The topological polar surface area (TPSA) is 111 Å². The molecule has 0 aliphatic rings. The van der Waals surface area contributed by atoms with E-state index in [1.54, 1.807) is 0 Å². The molecule has 2 unspecified atom stereocenters. The molecule has 570 valence electrons. The summed E-state index contributed by atoms with van der Waals surface area (Å²) in [5.41, 5.74) is 0. The monoisotopic (exact) mass is 1380 g/mol. The van der Waals surface area contributed by atoms with Crippen LogP contribution >= 0.6 is 0 Å². The van der Waals surface area contributed by atoms with Gasteiger partial charge in [0, 0.05) is 12.8 Å². The molecule has 0 amide bonds. The van der Waals surface area contributed by atoms with Gasteiger partial charge in [-0.15, -0.1) is 0 Å². The Morgan fingerprint density at radius 1 is 0.313 bits per heavy atom. The fourth-order valence-electron chi connectivity index (χ4n) is 11.9. The number of rotatable bonds is 77. The van der Waals surface area contributed by atoms with Crippen LogP contribution in [0.1, 0.15) is 373 Å². The SMILES string of the molecule is CC/C=C\C/C=C\C/C=C\C/C=C\C/C=C\C/C=C\C/C=C\C/C=C\C/C=C\C/C=C\CCCCCCCCC(=O)OC(COC(=O)CCCCCCCCCCCCCCCCCCCCCCCCCCCCCCCCCCCCCCC)COC(OCC[N+](C)(C)C)C(=O)[O-]. The third-order valence-corrected chi connectivity index (χ3v) is 18.2. The van der Waals surface area contributed by atoms with Crippen LogP contribution in [0.4, 0.5) is 0 Å². The van der Waals surface area contributed by atoms with E-state index in [1.165, 1.54) is 218 Å². The number of carbonyl (C=O) groups excluding carboxylic acids is 3. The van der Waals surface area contributed by atoms with Crippen LogP contribution in [0.15, 0.2) is 122 Å². The molecule has 0 heterocycles. The largest absolute Gasteiger partial charge is 0.545 e. The summed E-state index contributed by atoms with van der Waals surface area (Å²) in [5.74, 6) is -2.29. The Labute approximate surface area is 612 Å². The van der Waals surface area contributed by atoms with Gasteiger partial charge in [0.1, 0.15) is 13.2 Å². The van der Waals surface area contributed by atoms with Gasteiger partial charge in [-0.25, -0.2) is 0 Å². The number of hydrogen-bond donors (Lipinski definition) is 0. The van der Waals surface area contributed by atoms with Crippen molar-refractivity contribution in [1.82, 2.24) is 0 Å². The van der Waals surface area contributed by atoms with Crippen molar-refractivity contribution in [1.29, 1.82) is 0 Å². The third kappa shape index (κ3) is 80.9. The van der Waals surface area contributed by atoms with Gasteiger partial charge in [0.25, 0.3) is 0 Å². The van der Waals surface area contributed by atoms with Crippen molar-refractivity contribution in [3.8, 4) is 0 Å². The van der Waals surface area contributed by atoms with Crippen LogP contribution in [0.25, 0.3) is 0 Å². The fraction of sp³-hybridized carbons (Fsp3) is 0.744. The molecule has 9 nitrogen and oxygen atoms in total. The summed E-state index contributed by atoms with van der Waals surface area (Å²) in [5, 5.41) is 11.9. The highest BCUT2D eigenvalue weighted by molar-refractivity contribution is 5.70. The van der Waals surface area contributed by atoms with Gasteiger partial charge in [0.2, 0.25) is 0 Å². The summed E-state index contributed by atoms with van der Waals surface area (Å²) in [6.45, 7) is 4.66. The lowest BCUT2D eigenvalue weighted by atomic mass is 10.0. The number of allylic oxidation sites excluding steroid dienone is 20. The molecule has 0 aromatic heterocycles. The minimum Gasteiger partial charge on any atom is -0.545 e. The van der Waals surface area contributed by atoms with Crippen LogP contribution in [0.5, 0.6) is 0 Å². The number of esters is 2. The van der Waals surface area contributed by atoms with Gasteiger partial charge < -0.3 is 33.3 Å². The van der Waals surface area contributed by atoms with E-state index in [-0.39, 0.29) is 38.6 Å². The zero-order valence-corrected chi connectivity index (χ0v) is 65.3. The Morgan fingerprint density at radius 2 is 0.576 bits per heavy atom. The van der Waals surface area contributed by atoms with Crippen LogP contribution in [0.2, 0.25) is 0 Å². The number of aliphatic carboxylic acids is 1. The van der Waals surface area contributed by atoms with Crippen LogP contribution in [0, 0.1) is 0 Å². The number of nitrogens with zero attached hydrogens (tertiary/aromatic N) is 1. The van der Waals surface area contributed by atoms with E-state index >= 15 is 0 Å². The Hall–Kier alpha value is -4.31. The first kappa shape index (κ1) is 94.7. The average Bonchev–Trinajstić information content (AvgIpc) is 2.19. The second kappa shape index (κ2) is 79.4. The summed E-state index contributed by atoms with van der Waals surface area (Å²) in [4.78, 5) is 37.6. The summed E-state index contributed by atoms with van der Waals surface area (Å²) in [6.07, 6.45) is 111. The molecular weight excluding hydrogens is 1220 g/mol. The quantitative estimate of drug-likeness (QED) is 0.0195. The Kier molecular flexibility index (Phi) is 75.9. The molecule has 0 saturated heterocycles. The molecule has 0 aromatic carbocycles. The molecule has 9 heteroatoms. The van der Waals surface area contributed by atoms with E-state index < -0.39 is 24.3 Å². The highest BCUT2D eigenvalue weighted by Crippen LogP contribution is 2.19. The number of unbranched alkanes of at least 4 members (excludes halogenated alkanes) is 42. The Balaban J connectivity index is 4.06. The Morgan fingerprint density at radius 3 is 0.859 bits per heavy atom. The van der Waals surface area contributed by atoms with E-state index in [1.807, 2.05) is 21.1 Å². The molecule has 2 atom stereocenters. The predicted octanol–water partition coefficient (Wildman–Crippen LogP) is 25.7. The summed E-state index contributed by atoms with van der Waals surface area (Å²) < 4.78 is 22.9. The maximum Gasteiger partial charge on any atom is 0.306 e. The van der Waals surface area contributed by atoms with Crippen LogP contribution < -0.4 is 5.11 Å².